The molecule has 2 N–H and O–H groups in total. The molecule has 0 unspecified atom stereocenters. The van der Waals surface area contributed by atoms with Gasteiger partial charge >= 0.3 is 0 Å². The SMILES string of the molecule is Nc1ccccc1Oc1c(Cl)cc(Cl)c2ccccc12. The highest BCUT2D eigenvalue weighted by Crippen LogP contribution is 2.41. The van der Waals surface area contributed by atoms with Crippen LogP contribution in [0.2, 0.25) is 10.0 Å². The molecule has 0 radical (unpaired) electrons. The summed E-state index contributed by atoms with van der Waals surface area (Å²) in [6.07, 6.45) is 0. The van der Waals surface area contributed by atoms with Crippen molar-refractivity contribution in [1.29, 1.82) is 0 Å². The van der Waals surface area contributed by atoms with Gasteiger partial charge in [-0.3, -0.25) is 0 Å². The number of hydrogen-bond acceptors (Lipinski definition) is 2. The van der Waals surface area contributed by atoms with Gasteiger partial charge in [0.1, 0.15) is 5.75 Å². The second kappa shape index (κ2) is 5.23. The number of nitrogens with two attached hydrogens (primary N) is 1. The lowest BCUT2D eigenvalue weighted by Gasteiger charge is -2.13. The molecule has 0 aromatic heterocycles. The number of rotatable bonds is 2. The molecule has 0 bridgehead atoms. The topological polar surface area (TPSA) is 35.2 Å². The second-order valence-corrected chi connectivity index (χ2v) is 5.17. The van der Waals surface area contributed by atoms with Gasteiger partial charge in [0, 0.05) is 10.8 Å². The molecule has 3 aromatic rings. The normalized spacial score (nSPS) is 10.7. The lowest BCUT2D eigenvalue weighted by molar-refractivity contribution is 0.491. The zero-order valence-electron chi connectivity index (χ0n) is 10.4. The number of fused-ring (bicyclic) bond motifs is 1. The number of hydrogen-bond donors (Lipinski definition) is 1. The lowest BCUT2D eigenvalue weighted by Crippen LogP contribution is -1.93. The zero-order valence-corrected chi connectivity index (χ0v) is 11.9. The summed E-state index contributed by atoms with van der Waals surface area (Å²) in [5.74, 6) is 1.13. The van der Waals surface area contributed by atoms with E-state index in [1.165, 1.54) is 0 Å². The molecule has 0 aliphatic carbocycles. The Kier molecular flexibility index (Phi) is 3.43. The van der Waals surface area contributed by atoms with Crippen LogP contribution in [0, 0.1) is 0 Å². The van der Waals surface area contributed by atoms with Crippen molar-refractivity contribution in [2.45, 2.75) is 0 Å². The summed E-state index contributed by atoms with van der Waals surface area (Å²) in [6, 6.07) is 16.6. The van der Waals surface area contributed by atoms with E-state index >= 15 is 0 Å². The highest BCUT2D eigenvalue weighted by atomic mass is 35.5. The first kappa shape index (κ1) is 13.1. The predicted molar refractivity (Wildman–Crippen MR) is 84.9 cm³/mol. The van der Waals surface area contributed by atoms with Gasteiger partial charge in [0.05, 0.1) is 15.7 Å². The molecule has 0 atom stereocenters. The molecule has 20 heavy (non-hydrogen) atoms. The minimum absolute atomic E-state index is 0.456. The van der Waals surface area contributed by atoms with Gasteiger partial charge in [0.25, 0.3) is 0 Å². The van der Waals surface area contributed by atoms with Gasteiger partial charge in [-0.15, -0.1) is 0 Å². The van der Waals surface area contributed by atoms with Crippen molar-refractivity contribution in [2.75, 3.05) is 5.73 Å². The third-order valence-corrected chi connectivity index (χ3v) is 3.62. The van der Waals surface area contributed by atoms with Crippen molar-refractivity contribution in [3.05, 3.63) is 64.6 Å². The molecule has 0 spiro atoms. The van der Waals surface area contributed by atoms with Crippen LogP contribution >= 0.6 is 23.2 Å². The average Bonchev–Trinajstić information content (AvgIpc) is 2.45. The zero-order chi connectivity index (χ0) is 14.1. The highest BCUT2D eigenvalue weighted by molar-refractivity contribution is 6.39. The van der Waals surface area contributed by atoms with E-state index in [9.17, 15) is 0 Å². The van der Waals surface area contributed by atoms with Crippen LogP contribution in [0.4, 0.5) is 5.69 Å². The largest absolute Gasteiger partial charge is 0.453 e. The first-order chi connectivity index (χ1) is 9.66. The first-order valence-electron chi connectivity index (χ1n) is 6.06. The van der Waals surface area contributed by atoms with Crippen LogP contribution in [0.1, 0.15) is 0 Å². The third kappa shape index (κ3) is 2.28. The molecule has 0 amide bonds. The van der Waals surface area contributed by atoms with Crippen LogP contribution < -0.4 is 10.5 Å². The van der Waals surface area contributed by atoms with Crippen molar-refractivity contribution in [3.8, 4) is 11.5 Å². The fourth-order valence-corrected chi connectivity index (χ4v) is 2.64. The maximum Gasteiger partial charge on any atom is 0.154 e. The molecule has 0 saturated carbocycles. The molecule has 2 nitrogen and oxygen atoms in total. The first-order valence-corrected chi connectivity index (χ1v) is 6.81. The Bertz CT molecular complexity index is 787. The third-order valence-electron chi connectivity index (χ3n) is 3.03. The van der Waals surface area contributed by atoms with Crippen LogP contribution in [-0.4, -0.2) is 0 Å². The van der Waals surface area contributed by atoms with E-state index in [1.807, 2.05) is 36.4 Å². The van der Waals surface area contributed by atoms with Crippen molar-refractivity contribution in [3.63, 3.8) is 0 Å². The summed E-state index contributed by atoms with van der Waals surface area (Å²) in [7, 11) is 0. The van der Waals surface area contributed by atoms with Crippen molar-refractivity contribution < 1.29 is 4.74 Å². The van der Waals surface area contributed by atoms with E-state index in [1.54, 1.807) is 18.2 Å². The smallest absolute Gasteiger partial charge is 0.154 e. The summed E-state index contributed by atoms with van der Waals surface area (Å²) in [5, 5.41) is 2.80. The average molecular weight is 304 g/mol. The van der Waals surface area contributed by atoms with Gasteiger partial charge in [0.15, 0.2) is 5.75 Å². The fourth-order valence-electron chi connectivity index (χ4n) is 2.06. The quantitative estimate of drug-likeness (QED) is 0.632. The van der Waals surface area contributed by atoms with E-state index in [4.69, 9.17) is 33.7 Å². The molecule has 3 aromatic carbocycles. The summed E-state index contributed by atoms with van der Waals surface area (Å²) in [4.78, 5) is 0. The van der Waals surface area contributed by atoms with Crippen LogP contribution in [-0.2, 0) is 0 Å². The summed E-state index contributed by atoms with van der Waals surface area (Å²) in [6.45, 7) is 0. The Morgan fingerprint density at radius 1 is 0.800 bits per heavy atom. The van der Waals surface area contributed by atoms with Crippen LogP contribution in [0.15, 0.2) is 54.6 Å². The molecule has 100 valence electrons. The molecular formula is C16H11Cl2NO. The molecule has 0 heterocycles. The maximum atomic E-state index is 6.26. The monoisotopic (exact) mass is 303 g/mol. The number of anilines is 1. The van der Waals surface area contributed by atoms with Crippen LogP contribution in [0.5, 0.6) is 11.5 Å². The summed E-state index contributed by atoms with van der Waals surface area (Å²) in [5.41, 5.74) is 6.46. The lowest BCUT2D eigenvalue weighted by atomic mass is 10.1. The number of halogens is 2. The van der Waals surface area contributed by atoms with Gasteiger partial charge in [-0.2, -0.15) is 0 Å². The van der Waals surface area contributed by atoms with E-state index in [0.29, 0.717) is 27.2 Å². The van der Waals surface area contributed by atoms with E-state index in [-0.39, 0.29) is 0 Å². The van der Waals surface area contributed by atoms with Gasteiger partial charge in [0.2, 0.25) is 0 Å². The number of benzene rings is 3. The summed E-state index contributed by atoms with van der Waals surface area (Å²) < 4.78 is 5.89. The van der Waals surface area contributed by atoms with E-state index < -0.39 is 0 Å². The van der Waals surface area contributed by atoms with Crippen molar-refractivity contribution in [2.24, 2.45) is 0 Å². The van der Waals surface area contributed by atoms with Crippen LogP contribution in [0.3, 0.4) is 0 Å². The Hall–Kier alpha value is -1.90. The minimum Gasteiger partial charge on any atom is -0.453 e. The molecule has 0 aliphatic heterocycles. The Morgan fingerprint density at radius 3 is 2.20 bits per heavy atom. The fraction of sp³-hybridized carbons (Fsp3) is 0. The molecule has 0 aliphatic rings. The number of para-hydroxylation sites is 2. The Morgan fingerprint density at radius 2 is 1.45 bits per heavy atom. The Labute approximate surface area is 126 Å². The van der Waals surface area contributed by atoms with Crippen molar-refractivity contribution >= 4 is 39.7 Å². The van der Waals surface area contributed by atoms with Crippen LogP contribution in [0.25, 0.3) is 10.8 Å². The number of nitrogen functional groups attached to an aromatic ring is 1. The van der Waals surface area contributed by atoms with Gasteiger partial charge in [-0.05, 0) is 18.2 Å². The Balaban J connectivity index is 2.19. The van der Waals surface area contributed by atoms with Gasteiger partial charge in [-0.1, -0.05) is 59.6 Å². The summed E-state index contributed by atoms with van der Waals surface area (Å²) >= 11 is 12.5. The van der Waals surface area contributed by atoms with Gasteiger partial charge in [-0.25, -0.2) is 0 Å². The van der Waals surface area contributed by atoms with E-state index in [0.717, 1.165) is 10.8 Å². The predicted octanol–water partition coefficient (Wildman–Crippen LogP) is 5.52. The molecule has 0 fully saturated rings. The number of ether oxygens (including phenoxy) is 1. The second-order valence-electron chi connectivity index (χ2n) is 4.35. The minimum atomic E-state index is 0.456. The molecule has 3 rings (SSSR count). The molecule has 4 heteroatoms. The van der Waals surface area contributed by atoms with Gasteiger partial charge < -0.3 is 10.5 Å². The molecule has 0 saturated heterocycles. The standard InChI is InChI=1S/C16H11Cl2NO/c17-12-9-13(18)16(11-6-2-1-5-10(11)12)20-15-8-4-3-7-14(15)19/h1-9H,19H2. The highest BCUT2D eigenvalue weighted by Gasteiger charge is 2.12. The maximum absolute atomic E-state index is 6.26. The molecular weight excluding hydrogens is 293 g/mol. The van der Waals surface area contributed by atoms with E-state index in [2.05, 4.69) is 0 Å². The van der Waals surface area contributed by atoms with Crippen molar-refractivity contribution in [1.82, 2.24) is 0 Å².